The monoisotopic (exact) mass is 230 g/mol. The SMILES string of the molecule is CC(C)C(NC(=O)OC(C)(C)C)C(=O)CN. The summed E-state index contributed by atoms with van der Waals surface area (Å²) >= 11 is 0. The second-order valence-corrected chi connectivity index (χ2v) is 5.04. The van der Waals surface area contributed by atoms with Crippen LogP contribution >= 0.6 is 0 Å². The molecule has 1 unspecified atom stereocenters. The van der Waals surface area contributed by atoms with Gasteiger partial charge in [-0.2, -0.15) is 0 Å². The Morgan fingerprint density at radius 3 is 2.12 bits per heavy atom. The largest absolute Gasteiger partial charge is 0.444 e. The molecule has 0 aliphatic carbocycles. The second-order valence-electron chi connectivity index (χ2n) is 5.04. The molecule has 0 saturated carbocycles. The molecular weight excluding hydrogens is 208 g/mol. The van der Waals surface area contributed by atoms with E-state index in [4.69, 9.17) is 10.5 Å². The van der Waals surface area contributed by atoms with E-state index in [1.54, 1.807) is 20.8 Å². The molecular formula is C11H22N2O3. The third-order valence-electron chi connectivity index (χ3n) is 1.89. The minimum atomic E-state index is -0.590. The average Bonchev–Trinajstić information content (AvgIpc) is 2.09. The Bertz CT molecular complexity index is 256. The van der Waals surface area contributed by atoms with Crippen LogP contribution in [0.3, 0.4) is 0 Å². The van der Waals surface area contributed by atoms with E-state index in [9.17, 15) is 9.59 Å². The lowest BCUT2D eigenvalue weighted by molar-refractivity contribution is -0.120. The number of nitrogens with two attached hydrogens (primary N) is 1. The molecule has 0 saturated heterocycles. The van der Waals surface area contributed by atoms with E-state index in [1.807, 2.05) is 13.8 Å². The molecule has 0 aliphatic rings. The molecule has 0 aromatic rings. The number of hydrogen-bond acceptors (Lipinski definition) is 4. The van der Waals surface area contributed by atoms with E-state index in [2.05, 4.69) is 5.32 Å². The van der Waals surface area contributed by atoms with Gasteiger partial charge in [-0.05, 0) is 26.7 Å². The topological polar surface area (TPSA) is 81.4 Å². The highest BCUT2D eigenvalue weighted by atomic mass is 16.6. The average molecular weight is 230 g/mol. The number of amides is 1. The van der Waals surface area contributed by atoms with E-state index >= 15 is 0 Å². The number of nitrogens with one attached hydrogen (secondary N) is 1. The Labute approximate surface area is 96.7 Å². The standard InChI is InChI=1S/C11H22N2O3/c1-7(2)9(8(14)6-12)13-10(15)16-11(3,4)5/h7,9H,6,12H2,1-5H3,(H,13,15). The van der Waals surface area contributed by atoms with Gasteiger partial charge in [-0.15, -0.1) is 0 Å². The minimum Gasteiger partial charge on any atom is -0.444 e. The van der Waals surface area contributed by atoms with Gasteiger partial charge in [0.25, 0.3) is 0 Å². The first kappa shape index (κ1) is 14.9. The molecule has 0 radical (unpaired) electrons. The Balaban J connectivity index is 4.42. The Hall–Kier alpha value is -1.10. The molecule has 0 aromatic carbocycles. The summed E-state index contributed by atoms with van der Waals surface area (Å²) in [5.41, 5.74) is 4.70. The first-order valence-corrected chi connectivity index (χ1v) is 5.39. The van der Waals surface area contributed by atoms with E-state index in [-0.39, 0.29) is 18.2 Å². The number of ether oxygens (including phenoxy) is 1. The first-order chi connectivity index (χ1) is 7.17. The lowest BCUT2D eigenvalue weighted by Gasteiger charge is -2.24. The highest BCUT2D eigenvalue weighted by Gasteiger charge is 2.25. The zero-order valence-electron chi connectivity index (χ0n) is 10.7. The van der Waals surface area contributed by atoms with E-state index in [1.165, 1.54) is 0 Å². The number of rotatable bonds is 4. The number of carbonyl (C=O) groups is 2. The summed E-state index contributed by atoms with van der Waals surface area (Å²) in [5.74, 6) is -0.204. The van der Waals surface area contributed by atoms with Crippen molar-refractivity contribution in [2.75, 3.05) is 6.54 Å². The van der Waals surface area contributed by atoms with Gasteiger partial charge in [0, 0.05) is 0 Å². The Morgan fingerprint density at radius 1 is 1.31 bits per heavy atom. The van der Waals surface area contributed by atoms with Gasteiger partial charge in [-0.25, -0.2) is 4.79 Å². The quantitative estimate of drug-likeness (QED) is 0.756. The fourth-order valence-corrected chi connectivity index (χ4v) is 1.18. The maximum absolute atomic E-state index is 11.5. The van der Waals surface area contributed by atoms with Gasteiger partial charge in [0.05, 0.1) is 12.6 Å². The van der Waals surface area contributed by atoms with Gasteiger partial charge in [0.1, 0.15) is 5.60 Å². The summed E-state index contributed by atoms with van der Waals surface area (Å²) in [6.45, 7) is 8.90. The van der Waals surface area contributed by atoms with E-state index in [0.717, 1.165) is 0 Å². The normalized spacial score (nSPS) is 13.4. The molecule has 0 spiro atoms. The van der Waals surface area contributed by atoms with Gasteiger partial charge >= 0.3 is 6.09 Å². The summed E-state index contributed by atoms with van der Waals surface area (Å²) in [6, 6.07) is -0.583. The van der Waals surface area contributed by atoms with Gasteiger partial charge in [-0.1, -0.05) is 13.8 Å². The van der Waals surface area contributed by atoms with Crippen LogP contribution in [0.4, 0.5) is 4.79 Å². The summed E-state index contributed by atoms with van der Waals surface area (Å²) in [5, 5.41) is 2.53. The molecule has 1 amide bonds. The van der Waals surface area contributed by atoms with Crippen molar-refractivity contribution in [3.63, 3.8) is 0 Å². The summed E-state index contributed by atoms with van der Waals surface area (Å²) < 4.78 is 5.07. The van der Waals surface area contributed by atoms with Crippen LogP contribution in [0.5, 0.6) is 0 Å². The van der Waals surface area contributed by atoms with Crippen molar-refractivity contribution in [1.82, 2.24) is 5.32 Å². The van der Waals surface area contributed by atoms with Crippen LogP contribution in [-0.2, 0) is 9.53 Å². The van der Waals surface area contributed by atoms with E-state index in [0.29, 0.717) is 0 Å². The van der Waals surface area contributed by atoms with Crippen LogP contribution < -0.4 is 11.1 Å². The van der Waals surface area contributed by atoms with Crippen molar-refractivity contribution in [3.8, 4) is 0 Å². The van der Waals surface area contributed by atoms with Crippen LogP contribution in [-0.4, -0.2) is 30.1 Å². The highest BCUT2D eigenvalue weighted by molar-refractivity contribution is 5.89. The maximum Gasteiger partial charge on any atom is 0.408 e. The Kier molecular flexibility index (Phi) is 5.44. The minimum absolute atomic E-state index is 0.0106. The van der Waals surface area contributed by atoms with Crippen LogP contribution in [0.2, 0.25) is 0 Å². The molecule has 3 N–H and O–H groups in total. The number of alkyl carbamates (subject to hydrolysis) is 1. The van der Waals surface area contributed by atoms with E-state index < -0.39 is 17.7 Å². The second kappa shape index (κ2) is 5.84. The molecule has 5 nitrogen and oxygen atoms in total. The van der Waals surface area contributed by atoms with Crippen molar-refractivity contribution < 1.29 is 14.3 Å². The van der Waals surface area contributed by atoms with Crippen molar-refractivity contribution in [2.45, 2.75) is 46.3 Å². The van der Waals surface area contributed by atoms with Gasteiger partial charge in [0.2, 0.25) is 0 Å². The molecule has 5 heteroatoms. The third kappa shape index (κ3) is 5.70. The molecule has 0 aromatic heterocycles. The highest BCUT2D eigenvalue weighted by Crippen LogP contribution is 2.08. The van der Waals surface area contributed by atoms with Gasteiger partial charge in [0.15, 0.2) is 5.78 Å². The van der Waals surface area contributed by atoms with Crippen molar-refractivity contribution >= 4 is 11.9 Å². The molecule has 1 atom stereocenters. The van der Waals surface area contributed by atoms with Gasteiger partial charge < -0.3 is 15.8 Å². The number of ketones is 1. The predicted octanol–water partition coefficient (Wildman–Crippen LogP) is 1.06. The summed E-state index contributed by atoms with van der Waals surface area (Å²) in [7, 11) is 0. The zero-order chi connectivity index (χ0) is 12.9. The Morgan fingerprint density at radius 2 is 1.81 bits per heavy atom. The number of hydrogen-bond donors (Lipinski definition) is 2. The third-order valence-corrected chi connectivity index (χ3v) is 1.89. The smallest absolute Gasteiger partial charge is 0.408 e. The summed E-state index contributed by atoms with van der Waals surface area (Å²) in [6.07, 6.45) is -0.590. The molecule has 94 valence electrons. The fraction of sp³-hybridized carbons (Fsp3) is 0.818. The fourth-order valence-electron chi connectivity index (χ4n) is 1.18. The molecule has 0 aliphatic heterocycles. The lowest BCUT2D eigenvalue weighted by Crippen LogP contribution is -2.48. The van der Waals surface area contributed by atoms with Crippen LogP contribution in [0.25, 0.3) is 0 Å². The van der Waals surface area contributed by atoms with Crippen LogP contribution in [0, 0.1) is 5.92 Å². The van der Waals surface area contributed by atoms with Crippen molar-refractivity contribution in [2.24, 2.45) is 11.7 Å². The summed E-state index contributed by atoms with van der Waals surface area (Å²) in [4.78, 5) is 22.9. The molecule has 0 heterocycles. The molecule has 0 bridgehead atoms. The maximum atomic E-state index is 11.5. The molecule has 16 heavy (non-hydrogen) atoms. The van der Waals surface area contributed by atoms with Gasteiger partial charge in [-0.3, -0.25) is 4.79 Å². The predicted molar refractivity (Wildman–Crippen MR) is 62.1 cm³/mol. The van der Waals surface area contributed by atoms with Crippen molar-refractivity contribution in [1.29, 1.82) is 0 Å². The van der Waals surface area contributed by atoms with Crippen LogP contribution in [0.15, 0.2) is 0 Å². The number of carbonyl (C=O) groups excluding carboxylic acids is 2. The first-order valence-electron chi connectivity index (χ1n) is 5.39. The lowest BCUT2D eigenvalue weighted by atomic mass is 10.0. The molecule has 0 fully saturated rings. The van der Waals surface area contributed by atoms with Crippen molar-refractivity contribution in [3.05, 3.63) is 0 Å². The van der Waals surface area contributed by atoms with Crippen LogP contribution in [0.1, 0.15) is 34.6 Å². The number of Topliss-reactive ketones (excluding diaryl/α,β-unsaturated/α-hetero) is 1. The molecule has 0 rings (SSSR count). The zero-order valence-corrected chi connectivity index (χ0v) is 10.7.